The average molecular weight is 456 g/mol. The lowest BCUT2D eigenvalue weighted by Gasteiger charge is -2.19. The van der Waals surface area contributed by atoms with Crippen molar-refractivity contribution >= 4 is 58.3 Å². The summed E-state index contributed by atoms with van der Waals surface area (Å²) in [5.74, 6) is -1.61. The van der Waals surface area contributed by atoms with Gasteiger partial charge < -0.3 is 9.84 Å². The zero-order valence-electron chi connectivity index (χ0n) is 13.9. The van der Waals surface area contributed by atoms with Crippen molar-refractivity contribution in [1.82, 2.24) is 9.97 Å². The van der Waals surface area contributed by atoms with Gasteiger partial charge in [0.05, 0.1) is 11.1 Å². The molecule has 0 aliphatic heterocycles. The van der Waals surface area contributed by atoms with E-state index in [0.717, 1.165) is 0 Å². The summed E-state index contributed by atoms with van der Waals surface area (Å²) >= 11 is 22.2. The van der Waals surface area contributed by atoms with Crippen molar-refractivity contribution in [3.8, 4) is 0 Å². The molecule has 0 atom stereocenters. The number of carbonyl (C=O) groups excluding carboxylic acids is 1. The van der Waals surface area contributed by atoms with Gasteiger partial charge in [-0.15, -0.1) is 0 Å². The molecule has 6 nitrogen and oxygen atoms in total. The highest BCUT2D eigenvalue weighted by atomic mass is 35.5. The van der Waals surface area contributed by atoms with Crippen molar-refractivity contribution in [1.29, 1.82) is 0 Å². The Labute approximate surface area is 177 Å². The van der Waals surface area contributed by atoms with Crippen molar-refractivity contribution in [3.63, 3.8) is 0 Å². The van der Waals surface area contributed by atoms with Crippen LogP contribution >= 0.6 is 46.4 Å². The van der Waals surface area contributed by atoms with E-state index in [0.29, 0.717) is 0 Å². The number of hydrogen-bond acceptors (Lipinski definition) is 5. The zero-order chi connectivity index (χ0) is 20.1. The standard InChI is InChI=1S/C10H11Cl2NO2.C6H3Cl2NO2.CH4/c1-10(2,3)15-9(14)6-4-5-7(11)13-8(6)12;7-4-2-1-3(6(10)11)5(8)9-4;/h4-5H,1-3H3;1-2H,(H,10,11);1H4. The fourth-order valence-corrected chi connectivity index (χ4v) is 2.32. The Kier molecular flexibility index (Phi) is 10.0. The van der Waals surface area contributed by atoms with Gasteiger partial charge in [-0.05, 0) is 45.0 Å². The smallest absolute Gasteiger partial charge is 0.341 e. The van der Waals surface area contributed by atoms with Gasteiger partial charge in [0.25, 0.3) is 0 Å². The lowest BCUT2D eigenvalue weighted by atomic mass is 10.2. The van der Waals surface area contributed by atoms with E-state index in [1.807, 2.05) is 0 Å². The number of rotatable bonds is 2. The molecule has 0 amide bonds. The van der Waals surface area contributed by atoms with E-state index in [1.54, 1.807) is 20.8 Å². The van der Waals surface area contributed by atoms with Crippen LogP contribution in [-0.2, 0) is 4.74 Å². The molecule has 0 unspecified atom stereocenters. The first-order chi connectivity index (χ1) is 11.9. The van der Waals surface area contributed by atoms with Gasteiger partial charge >= 0.3 is 11.9 Å². The van der Waals surface area contributed by atoms with Gasteiger partial charge in [-0.3, -0.25) is 0 Å². The maximum absolute atomic E-state index is 11.6. The Morgan fingerprint density at radius 3 is 1.63 bits per heavy atom. The monoisotopic (exact) mass is 454 g/mol. The third-order valence-electron chi connectivity index (χ3n) is 2.48. The van der Waals surface area contributed by atoms with Crippen LogP contribution in [0.2, 0.25) is 20.6 Å². The molecule has 0 fully saturated rings. The van der Waals surface area contributed by atoms with Crippen LogP contribution < -0.4 is 0 Å². The van der Waals surface area contributed by atoms with Gasteiger partial charge in [0, 0.05) is 0 Å². The molecule has 2 rings (SSSR count). The van der Waals surface area contributed by atoms with Crippen molar-refractivity contribution in [3.05, 3.63) is 56.0 Å². The fraction of sp³-hybridized carbons (Fsp3) is 0.294. The minimum Gasteiger partial charge on any atom is -0.478 e. The second-order valence-corrected chi connectivity index (χ2v) is 7.24. The van der Waals surface area contributed by atoms with E-state index in [-0.39, 0.29) is 39.2 Å². The maximum Gasteiger partial charge on any atom is 0.341 e. The SMILES string of the molecule is C.CC(C)(C)OC(=O)c1ccc(Cl)nc1Cl.O=C(O)c1ccc(Cl)nc1Cl. The topological polar surface area (TPSA) is 89.4 Å². The summed E-state index contributed by atoms with van der Waals surface area (Å²) in [5, 5.41) is 8.87. The Morgan fingerprint density at radius 1 is 0.889 bits per heavy atom. The van der Waals surface area contributed by atoms with Gasteiger partial charge in [-0.2, -0.15) is 0 Å². The Balaban J connectivity index is 0.000000504. The van der Waals surface area contributed by atoms with E-state index >= 15 is 0 Å². The molecule has 2 aromatic rings. The number of aromatic nitrogens is 2. The molecule has 0 aliphatic carbocycles. The molecular weight excluding hydrogens is 438 g/mol. The number of ether oxygens (including phenoxy) is 1. The molecule has 1 N–H and O–H groups in total. The van der Waals surface area contributed by atoms with Crippen LogP contribution in [0.1, 0.15) is 48.9 Å². The van der Waals surface area contributed by atoms with Crippen molar-refractivity contribution in [2.24, 2.45) is 0 Å². The number of carbonyl (C=O) groups is 2. The normalized spacial score (nSPS) is 10.2. The highest BCUT2D eigenvalue weighted by Crippen LogP contribution is 2.20. The lowest BCUT2D eigenvalue weighted by molar-refractivity contribution is 0.00691. The highest BCUT2D eigenvalue weighted by Gasteiger charge is 2.20. The van der Waals surface area contributed by atoms with Crippen LogP contribution in [0.15, 0.2) is 24.3 Å². The van der Waals surface area contributed by atoms with Crippen LogP contribution in [0.3, 0.4) is 0 Å². The van der Waals surface area contributed by atoms with E-state index in [1.165, 1.54) is 24.3 Å². The summed E-state index contributed by atoms with van der Waals surface area (Å²) in [6.07, 6.45) is 0. The summed E-state index contributed by atoms with van der Waals surface area (Å²) in [7, 11) is 0. The molecule has 0 saturated carbocycles. The number of carboxylic acid groups (broad SMARTS) is 1. The fourth-order valence-electron chi connectivity index (χ4n) is 1.47. The molecule has 27 heavy (non-hydrogen) atoms. The first-order valence-electron chi connectivity index (χ1n) is 7.01. The van der Waals surface area contributed by atoms with Gasteiger partial charge in [0.15, 0.2) is 0 Å². The van der Waals surface area contributed by atoms with Crippen molar-refractivity contribution in [2.45, 2.75) is 33.8 Å². The molecule has 2 heterocycles. The molecule has 0 aromatic carbocycles. The summed E-state index contributed by atoms with van der Waals surface area (Å²) in [6.45, 7) is 5.34. The van der Waals surface area contributed by atoms with Crippen LogP contribution in [-0.4, -0.2) is 32.6 Å². The van der Waals surface area contributed by atoms with Crippen molar-refractivity contribution < 1.29 is 19.4 Å². The number of nitrogens with zero attached hydrogens (tertiary/aromatic N) is 2. The number of halogens is 4. The number of hydrogen-bond donors (Lipinski definition) is 1. The van der Waals surface area contributed by atoms with Crippen LogP contribution in [0.4, 0.5) is 0 Å². The van der Waals surface area contributed by atoms with Gasteiger partial charge in [0.1, 0.15) is 26.2 Å². The van der Waals surface area contributed by atoms with E-state index < -0.39 is 17.5 Å². The van der Waals surface area contributed by atoms with Gasteiger partial charge in [-0.25, -0.2) is 19.6 Å². The molecule has 0 spiro atoms. The first kappa shape index (κ1) is 25.4. The lowest BCUT2D eigenvalue weighted by Crippen LogP contribution is -2.24. The predicted octanol–water partition coefficient (Wildman–Crippen LogP) is 6.07. The minimum atomic E-state index is -1.11. The molecule has 0 bridgehead atoms. The van der Waals surface area contributed by atoms with Gasteiger partial charge in [-0.1, -0.05) is 53.8 Å². The third kappa shape index (κ3) is 8.75. The Bertz CT molecular complexity index is 823. The van der Waals surface area contributed by atoms with Crippen molar-refractivity contribution in [2.75, 3.05) is 0 Å². The molecule has 0 saturated heterocycles. The molecule has 0 radical (unpaired) electrons. The molecule has 10 heteroatoms. The number of carboxylic acids is 1. The quantitative estimate of drug-likeness (QED) is 0.436. The summed E-state index contributed by atoms with van der Waals surface area (Å²) in [5.41, 5.74) is -0.382. The average Bonchev–Trinajstić information content (AvgIpc) is 2.45. The van der Waals surface area contributed by atoms with E-state index in [2.05, 4.69) is 9.97 Å². The number of pyridine rings is 2. The third-order valence-corrected chi connectivity index (χ3v) is 3.48. The maximum atomic E-state index is 11.6. The first-order valence-corrected chi connectivity index (χ1v) is 8.52. The summed E-state index contributed by atoms with van der Waals surface area (Å²) in [6, 6.07) is 5.66. The van der Waals surface area contributed by atoms with Crippen LogP contribution in [0.5, 0.6) is 0 Å². The summed E-state index contributed by atoms with van der Waals surface area (Å²) < 4.78 is 5.14. The zero-order valence-corrected chi connectivity index (χ0v) is 16.9. The predicted molar refractivity (Wildman–Crippen MR) is 107 cm³/mol. The molecular formula is C17H18Cl4N2O4. The molecule has 0 aliphatic rings. The second kappa shape index (κ2) is 10.7. The van der Waals surface area contributed by atoms with E-state index in [9.17, 15) is 9.59 Å². The highest BCUT2D eigenvalue weighted by molar-refractivity contribution is 6.35. The minimum absolute atomic E-state index is 0. The number of esters is 1. The summed E-state index contributed by atoms with van der Waals surface area (Å²) in [4.78, 5) is 29.3. The van der Waals surface area contributed by atoms with Crippen LogP contribution in [0.25, 0.3) is 0 Å². The Hall–Kier alpha value is -1.60. The second-order valence-electron chi connectivity index (χ2n) is 5.75. The molecule has 2 aromatic heterocycles. The number of aromatic carboxylic acids is 1. The molecule has 148 valence electrons. The largest absolute Gasteiger partial charge is 0.478 e. The Morgan fingerprint density at radius 2 is 1.30 bits per heavy atom. The van der Waals surface area contributed by atoms with Gasteiger partial charge in [0.2, 0.25) is 0 Å². The van der Waals surface area contributed by atoms with Crippen LogP contribution in [0, 0.1) is 0 Å². The van der Waals surface area contributed by atoms with E-state index in [4.69, 9.17) is 56.2 Å².